The Bertz CT molecular complexity index is 425. The highest BCUT2D eigenvalue weighted by Gasteiger charge is 2.25. The monoisotopic (exact) mass is 307 g/mol. The number of fused-ring (bicyclic) bond motifs is 1. The van der Waals surface area contributed by atoms with Crippen molar-refractivity contribution in [3.05, 3.63) is 27.7 Å². The van der Waals surface area contributed by atoms with Gasteiger partial charge >= 0.3 is 5.97 Å². The van der Waals surface area contributed by atoms with Crippen LogP contribution in [0, 0.1) is 0 Å². The third-order valence-corrected chi connectivity index (χ3v) is 3.11. The van der Waals surface area contributed by atoms with Crippen LogP contribution in [0.5, 0.6) is 5.75 Å². The predicted molar refractivity (Wildman–Crippen MR) is 65.4 cm³/mol. The zero-order valence-corrected chi connectivity index (χ0v) is 10.7. The summed E-state index contributed by atoms with van der Waals surface area (Å²) in [5, 5.41) is 8.98. The summed E-state index contributed by atoms with van der Waals surface area (Å²) in [6, 6.07) is 3.04. The molecule has 1 heterocycles. The molecule has 0 saturated carbocycles. The number of aromatic carboxylic acids is 1. The second-order valence-corrected chi connectivity index (χ2v) is 4.24. The van der Waals surface area contributed by atoms with Crippen molar-refractivity contribution in [3.63, 3.8) is 0 Å². The van der Waals surface area contributed by atoms with Crippen molar-refractivity contribution < 1.29 is 14.6 Å². The number of hydrogen-bond acceptors (Lipinski definition) is 3. The minimum absolute atomic E-state index is 0. The Hall–Kier alpha value is -0.780. The molecule has 2 rings (SSSR count). The van der Waals surface area contributed by atoms with Crippen molar-refractivity contribution in [1.82, 2.24) is 0 Å². The third-order valence-electron chi connectivity index (χ3n) is 2.42. The molecule has 1 aromatic rings. The summed E-state index contributed by atoms with van der Waals surface area (Å²) >= 11 is 3.35. The molecule has 88 valence electrons. The third kappa shape index (κ3) is 2.16. The van der Waals surface area contributed by atoms with Gasteiger partial charge in [0.2, 0.25) is 0 Å². The first-order valence-corrected chi connectivity index (χ1v) is 5.34. The lowest BCUT2D eigenvalue weighted by Gasteiger charge is -2.25. The van der Waals surface area contributed by atoms with Crippen molar-refractivity contribution in [3.8, 4) is 5.75 Å². The molecule has 1 atom stereocenters. The zero-order valence-electron chi connectivity index (χ0n) is 8.27. The van der Waals surface area contributed by atoms with Crippen molar-refractivity contribution in [2.75, 3.05) is 6.61 Å². The maximum Gasteiger partial charge on any atom is 0.339 e. The van der Waals surface area contributed by atoms with Crippen LogP contribution in [0.15, 0.2) is 16.6 Å². The van der Waals surface area contributed by atoms with Gasteiger partial charge < -0.3 is 15.6 Å². The summed E-state index contributed by atoms with van der Waals surface area (Å²) in [4.78, 5) is 11.0. The molecule has 0 radical (unpaired) electrons. The topological polar surface area (TPSA) is 72.5 Å². The van der Waals surface area contributed by atoms with Gasteiger partial charge in [0.25, 0.3) is 0 Å². The average molecular weight is 309 g/mol. The van der Waals surface area contributed by atoms with Crippen molar-refractivity contribution >= 4 is 34.3 Å². The van der Waals surface area contributed by atoms with E-state index >= 15 is 0 Å². The van der Waals surface area contributed by atoms with Gasteiger partial charge in [-0.15, -0.1) is 12.4 Å². The normalized spacial score (nSPS) is 18.0. The Kier molecular flexibility index (Phi) is 4.18. The highest BCUT2D eigenvalue weighted by molar-refractivity contribution is 9.10. The van der Waals surface area contributed by atoms with Crippen molar-refractivity contribution in [2.24, 2.45) is 5.73 Å². The average Bonchev–Trinajstić information content (AvgIpc) is 2.17. The number of nitrogens with two attached hydrogens (primary N) is 1. The van der Waals surface area contributed by atoms with E-state index in [0.717, 1.165) is 10.0 Å². The molecule has 0 fully saturated rings. The second kappa shape index (κ2) is 5.03. The van der Waals surface area contributed by atoms with E-state index in [0.29, 0.717) is 18.8 Å². The number of hydrogen-bond donors (Lipinski definition) is 2. The lowest BCUT2D eigenvalue weighted by atomic mass is 9.98. The SMILES string of the molecule is Cl.N[C@H]1CCOc2c(C(=O)O)ccc(Br)c21. The van der Waals surface area contributed by atoms with Crippen LogP contribution in [-0.4, -0.2) is 17.7 Å². The standard InChI is InChI=1S/C10H10BrNO3.ClH/c11-6-2-1-5(10(13)14)9-8(6)7(12)3-4-15-9;/h1-2,7H,3-4,12H2,(H,13,14);1H/t7-;/m0./s1. The van der Waals surface area contributed by atoms with Gasteiger partial charge in [0.15, 0.2) is 0 Å². The highest BCUT2D eigenvalue weighted by Crippen LogP contribution is 2.38. The van der Waals surface area contributed by atoms with E-state index in [1.54, 1.807) is 6.07 Å². The van der Waals surface area contributed by atoms with E-state index in [9.17, 15) is 4.79 Å². The van der Waals surface area contributed by atoms with Crippen molar-refractivity contribution in [1.29, 1.82) is 0 Å². The van der Waals surface area contributed by atoms with Gasteiger partial charge in [-0.05, 0) is 12.1 Å². The lowest BCUT2D eigenvalue weighted by molar-refractivity contribution is 0.0690. The summed E-state index contributed by atoms with van der Waals surface area (Å²) in [5.41, 5.74) is 6.83. The van der Waals surface area contributed by atoms with Gasteiger partial charge in [0, 0.05) is 22.5 Å². The number of carboxylic acids is 1. The first kappa shape index (κ1) is 13.3. The first-order chi connectivity index (χ1) is 7.11. The van der Waals surface area contributed by atoms with E-state index in [-0.39, 0.29) is 24.0 Å². The molecule has 1 aliphatic heterocycles. The molecule has 16 heavy (non-hydrogen) atoms. The molecule has 0 aliphatic carbocycles. The van der Waals surface area contributed by atoms with E-state index in [1.165, 1.54) is 6.07 Å². The van der Waals surface area contributed by atoms with Crippen LogP contribution in [0.25, 0.3) is 0 Å². The Morgan fingerprint density at radius 3 is 2.88 bits per heavy atom. The van der Waals surface area contributed by atoms with Gasteiger partial charge in [-0.1, -0.05) is 15.9 Å². The minimum Gasteiger partial charge on any atom is -0.492 e. The molecular formula is C10H11BrClNO3. The van der Waals surface area contributed by atoms with Crippen LogP contribution in [0.4, 0.5) is 0 Å². The zero-order chi connectivity index (χ0) is 11.0. The second-order valence-electron chi connectivity index (χ2n) is 3.39. The van der Waals surface area contributed by atoms with Crippen LogP contribution in [-0.2, 0) is 0 Å². The first-order valence-electron chi connectivity index (χ1n) is 4.55. The summed E-state index contributed by atoms with van der Waals surface area (Å²) in [7, 11) is 0. The van der Waals surface area contributed by atoms with E-state index in [1.807, 2.05) is 0 Å². The number of rotatable bonds is 1. The maximum absolute atomic E-state index is 11.0. The van der Waals surface area contributed by atoms with Gasteiger partial charge in [-0.25, -0.2) is 4.79 Å². The Balaban J connectivity index is 0.00000128. The summed E-state index contributed by atoms with van der Waals surface area (Å²) in [6.07, 6.45) is 0.703. The van der Waals surface area contributed by atoms with Crippen LogP contribution in [0.3, 0.4) is 0 Å². The lowest BCUT2D eigenvalue weighted by Crippen LogP contribution is -2.22. The number of halogens is 2. The van der Waals surface area contributed by atoms with Gasteiger partial charge in [-0.3, -0.25) is 0 Å². The Labute approximate surface area is 107 Å². The highest BCUT2D eigenvalue weighted by atomic mass is 79.9. The van der Waals surface area contributed by atoms with Crippen LogP contribution in [0.1, 0.15) is 28.4 Å². The molecular weight excluding hydrogens is 297 g/mol. The van der Waals surface area contributed by atoms with E-state index < -0.39 is 5.97 Å². The molecule has 0 bridgehead atoms. The molecule has 1 aromatic carbocycles. The van der Waals surface area contributed by atoms with Crippen LogP contribution < -0.4 is 10.5 Å². The summed E-state index contributed by atoms with van der Waals surface area (Å²) in [5.74, 6) is -0.594. The Morgan fingerprint density at radius 1 is 1.56 bits per heavy atom. The molecule has 3 N–H and O–H groups in total. The molecule has 0 aromatic heterocycles. The van der Waals surface area contributed by atoms with E-state index in [4.69, 9.17) is 15.6 Å². The van der Waals surface area contributed by atoms with Crippen LogP contribution in [0.2, 0.25) is 0 Å². The smallest absolute Gasteiger partial charge is 0.339 e. The quantitative estimate of drug-likeness (QED) is 0.835. The molecule has 0 saturated heterocycles. The van der Waals surface area contributed by atoms with Gasteiger partial charge in [0.1, 0.15) is 11.3 Å². The number of carboxylic acid groups (broad SMARTS) is 1. The number of ether oxygens (including phenoxy) is 1. The molecule has 0 amide bonds. The fourth-order valence-corrected chi connectivity index (χ4v) is 2.28. The minimum atomic E-state index is -0.993. The largest absolute Gasteiger partial charge is 0.492 e. The molecule has 6 heteroatoms. The fourth-order valence-electron chi connectivity index (χ4n) is 1.68. The summed E-state index contributed by atoms with van der Waals surface area (Å²) < 4.78 is 6.18. The summed E-state index contributed by atoms with van der Waals surface area (Å²) in [6.45, 7) is 0.463. The molecule has 0 unspecified atom stereocenters. The molecule has 0 spiro atoms. The van der Waals surface area contributed by atoms with Crippen molar-refractivity contribution in [2.45, 2.75) is 12.5 Å². The van der Waals surface area contributed by atoms with E-state index in [2.05, 4.69) is 15.9 Å². The molecule has 1 aliphatic rings. The van der Waals surface area contributed by atoms with Crippen LogP contribution >= 0.6 is 28.3 Å². The van der Waals surface area contributed by atoms with Gasteiger partial charge in [-0.2, -0.15) is 0 Å². The predicted octanol–water partition coefficient (Wildman–Crippen LogP) is 2.35. The molecule has 4 nitrogen and oxygen atoms in total. The fraction of sp³-hybridized carbons (Fsp3) is 0.300. The maximum atomic E-state index is 11.0. The number of carbonyl (C=O) groups is 1. The Morgan fingerprint density at radius 2 is 2.25 bits per heavy atom. The van der Waals surface area contributed by atoms with Gasteiger partial charge in [0.05, 0.1) is 6.61 Å². The number of benzene rings is 1.